The Kier molecular flexibility index (Phi) is 10.1. The molecule has 0 aliphatic heterocycles. The third-order valence-corrected chi connectivity index (χ3v) is 5.08. The molecule has 0 spiro atoms. The number of unbranched alkanes of at least 4 members (excludes halogenated alkanes) is 1. The number of carboxylic acids is 1. The summed E-state index contributed by atoms with van der Waals surface area (Å²) in [6, 6.07) is 0. The lowest BCUT2D eigenvalue weighted by molar-refractivity contribution is -0.137. The van der Waals surface area contributed by atoms with Gasteiger partial charge in [0.1, 0.15) is 5.78 Å². The normalized spacial score (nSPS) is 26.0. The second kappa shape index (κ2) is 11.5. The quantitative estimate of drug-likeness (QED) is 0.271. The first-order valence-electron chi connectivity index (χ1n) is 9.29. The SMILES string of the molecule is CC(O)(C/C=C/[C@H]1[C@H](O)CC(=O)[C@@H]1C/C=C\CCCC(=O)O)CCCCl. The highest BCUT2D eigenvalue weighted by atomic mass is 35.5. The molecule has 1 rings (SSSR count). The van der Waals surface area contributed by atoms with Crippen LogP contribution in [-0.4, -0.2) is 44.7 Å². The summed E-state index contributed by atoms with van der Waals surface area (Å²) < 4.78 is 0. The fourth-order valence-corrected chi connectivity index (χ4v) is 3.42. The van der Waals surface area contributed by atoms with E-state index in [9.17, 15) is 19.8 Å². The predicted molar refractivity (Wildman–Crippen MR) is 102 cm³/mol. The zero-order chi connectivity index (χ0) is 19.6. The number of carboxylic acid groups (broad SMARTS) is 1. The van der Waals surface area contributed by atoms with E-state index in [0.29, 0.717) is 38.0 Å². The van der Waals surface area contributed by atoms with E-state index in [2.05, 4.69) is 0 Å². The van der Waals surface area contributed by atoms with Gasteiger partial charge >= 0.3 is 5.97 Å². The molecule has 4 atom stereocenters. The summed E-state index contributed by atoms with van der Waals surface area (Å²) in [7, 11) is 0. The molecule has 1 saturated carbocycles. The first-order valence-corrected chi connectivity index (χ1v) is 9.83. The van der Waals surface area contributed by atoms with Crippen LogP contribution in [0.5, 0.6) is 0 Å². The zero-order valence-electron chi connectivity index (χ0n) is 15.4. The van der Waals surface area contributed by atoms with Crippen LogP contribution in [0.3, 0.4) is 0 Å². The van der Waals surface area contributed by atoms with Gasteiger partial charge in [0.25, 0.3) is 0 Å². The van der Waals surface area contributed by atoms with Gasteiger partial charge < -0.3 is 15.3 Å². The Morgan fingerprint density at radius 3 is 2.69 bits per heavy atom. The summed E-state index contributed by atoms with van der Waals surface area (Å²) in [5, 5.41) is 29.0. The van der Waals surface area contributed by atoms with E-state index >= 15 is 0 Å². The molecule has 0 aromatic heterocycles. The minimum atomic E-state index is -0.835. The average molecular weight is 387 g/mol. The molecule has 0 aromatic rings. The van der Waals surface area contributed by atoms with E-state index in [-0.39, 0.29) is 30.5 Å². The number of alkyl halides is 1. The summed E-state index contributed by atoms with van der Waals surface area (Å²) in [6.45, 7) is 1.76. The number of aliphatic carboxylic acids is 1. The van der Waals surface area contributed by atoms with Crippen LogP contribution in [-0.2, 0) is 9.59 Å². The van der Waals surface area contributed by atoms with Gasteiger partial charge in [-0.2, -0.15) is 0 Å². The molecule has 1 aliphatic carbocycles. The molecule has 0 amide bonds. The number of hydrogen-bond donors (Lipinski definition) is 3. The number of ketones is 1. The lowest BCUT2D eigenvalue weighted by atomic mass is 9.89. The molecular weight excluding hydrogens is 356 g/mol. The third-order valence-electron chi connectivity index (χ3n) is 4.82. The Balaban J connectivity index is 2.53. The minimum absolute atomic E-state index is 0.0521. The predicted octanol–water partition coefficient (Wildman–Crippen LogP) is 3.47. The summed E-state index contributed by atoms with van der Waals surface area (Å²) >= 11 is 5.66. The van der Waals surface area contributed by atoms with Crippen molar-refractivity contribution in [1.29, 1.82) is 0 Å². The van der Waals surface area contributed by atoms with Gasteiger partial charge in [0.05, 0.1) is 11.7 Å². The minimum Gasteiger partial charge on any atom is -0.481 e. The summed E-state index contributed by atoms with van der Waals surface area (Å²) in [5.41, 5.74) is -0.835. The number of carbonyl (C=O) groups excluding carboxylic acids is 1. The molecule has 0 heterocycles. The van der Waals surface area contributed by atoms with Crippen LogP contribution >= 0.6 is 11.6 Å². The molecule has 0 bridgehead atoms. The second-order valence-electron chi connectivity index (χ2n) is 7.34. The molecule has 0 saturated heterocycles. The van der Waals surface area contributed by atoms with Crippen molar-refractivity contribution in [2.24, 2.45) is 11.8 Å². The Bertz CT molecular complexity index is 512. The highest BCUT2D eigenvalue weighted by molar-refractivity contribution is 6.17. The molecule has 0 radical (unpaired) electrons. The van der Waals surface area contributed by atoms with Crippen molar-refractivity contribution in [3.05, 3.63) is 24.3 Å². The number of Topliss-reactive ketones (excluding diaryl/α,β-unsaturated/α-hetero) is 1. The number of aliphatic hydroxyl groups excluding tert-OH is 1. The van der Waals surface area contributed by atoms with Gasteiger partial charge in [0, 0.05) is 30.6 Å². The molecule has 1 aliphatic rings. The monoisotopic (exact) mass is 386 g/mol. The van der Waals surface area contributed by atoms with Gasteiger partial charge in [-0.3, -0.25) is 9.59 Å². The smallest absolute Gasteiger partial charge is 0.303 e. The first-order chi connectivity index (χ1) is 12.3. The maximum Gasteiger partial charge on any atom is 0.303 e. The highest BCUT2D eigenvalue weighted by Gasteiger charge is 2.39. The van der Waals surface area contributed by atoms with Crippen molar-refractivity contribution in [1.82, 2.24) is 0 Å². The van der Waals surface area contributed by atoms with Crippen molar-refractivity contribution < 1.29 is 24.9 Å². The van der Waals surface area contributed by atoms with Crippen LogP contribution in [0.1, 0.15) is 58.3 Å². The number of halogens is 1. The molecule has 148 valence electrons. The number of aliphatic hydroxyl groups is 2. The fraction of sp³-hybridized carbons (Fsp3) is 0.700. The Morgan fingerprint density at radius 1 is 1.31 bits per heavy atom. The molecule has 1 fully saturated rings. The van der Waals surface area contributed by atoms with Gasteiger partial charge in [-0.1, -0.05) is 24.3 Å². The zero-order valence-corrected chi connectivity index (χ0v) is 16.2. The van der Waals surface area contributed by atoms with Gasteiger partial charge in [0.15, 0.2) is 0 Å². The number of hydrogen-bond acceptors (Lipinski definition) is 4. The lowest BCUT2D eigenvalue weighted by Crippen LogP contribution is -2.23. The number of rotatable bonds is 12. The van der Waals surface area contributed by atoms with E-state index in [1.54, 1.807) is 6.92 Å². The lowest BCUT2D eigenvalue weighted by Gasteiger charge is -2.22. The van der Waals surface area contributed by atoms with E-state index in [0.717, 1.165) is 6.42 Å². The van der Waals surface area contributed by atoms with Crippen molar-refractivity contribution >= 4 is 23.4 Å². The summed E-state index contributed by atoms with van der Waals surface area (Å²) in [5.74, 6) is -0.744. The van der Waals surface area contributed by atoms with Gasteiger partial charge in [-0.15, -0.1) is 11.6 Å². The Morgan fingerprint density at radius 2 is 2.04 bits per heavy atom. The number of allylic oxidation sites excluding steroid dienone is 2. The molecule has 1 unspecified atom stereocenters. The standard InChI is InChI=1S/C20H31ClO5/c1-20(26,12-7-13-21)11-6-9-16-15(17(22)14-18(16)23)8-4-2-3-5-10-19(24)25/h2,4,6,9,15-16,18,23,26H,3,5,7-8,10-14H2,1H3,(H,24,25)/b4-2-,9-6+/t15-,16-,18-,20?/m1/s1. The van der Waals surface area contributed by atoms with Crippen molar-refractivity contribution in [3.63, 3.8) is 0 Å². The molecule has 3 N–H and O–H groups in total. The van der Waals surface area contributed by atoms with Crippen molar-refractivity contribution in [2.75, 3.05) is 5.88 Å². The summed E-state index contributed by atoms with van der Waals surface area (Å²) in [6.07, 6.45) is 10.7. The number of carbonyl (C=O) groups is 2. The maximum atomic E-state index is 12.1. The molecule has 6 heteroatoms. The molecule has 0 aromatic carbocycles. The second-order valence-corrected chi connectivity index (χ2v) is 7.71. The van der Waals surface area contributed by atoms with Gasteiger partial charge in [-0.05, 0) is 45.4 Å². The van der Waals surface area contributed by atoms with E-state index in [1.807, 2.05) is 24.3 Å². The van der Waals surface area contributed by atoms with E-state index < -0.39 is 17.7 Å². The average Bonchev–Trinajstić information content (AvgIpc) is 2.82. The van der Waals surface area contributed by atoms with Crippen LogP contribution < -0.4 is 0 Å². The van der Waals surface area contributed by atoms with Crippen LogP contribution in [0, 0.1) is 11.8 Å². The largest absolute Gasteiger partial charge is 0.481 e. The van der Waals surface area contributed by atoms with Crippen molar-refractivity contribution in [2.45, 2.75) is 70.0 Å². The van der Waals surface area contributed by atoms with E-state index in [4.69, 9.17) is 16.7 Å². The van der Waals surface area contributed by atoms with E-state index in [1.165, 1.54) is 0 Å². The van der Waals surface area contributed by atoms with Crippen LogP contribution in [0.15, 0.2) is 24.3 Å². The topological polar surface area (TPSA) is 94.8 Å². The van der Waals surface area contributed by atoms with Crippen LogP contribution in [0.2, 0.25) is 0 Å². The molecular formula is C20H31ClO5. The van der Waals surface area contributed by atoms with Crippen LogP contribution in [0.4, 0.5) is 0 Å². The Labute approximate surface area is 160 Å². The first kappa shape index (κ1) is 22.9. The van der Waals surface area contributed by atoms with Gasteiger partial charge in [0.2, 0.25) is 0 Å². The maximum absolute atomic E-state index is 12.1. The van der Waals surface area contributed by atoms with Crippen LogP contribution in [0.25, 0.3) is 0 Å². The molecule has 5 nitrogen and oxygen atoms in total. The summed E-state index contributed by atoms with van der Waals surface area (Å²) in [4.78, 5) is 22.6. The molecule has 26 heavy (non-hydrogen) atoms. The fourth-order valence-electron chi connectivity index (χ4n) is 3.29. The Hall–Kier alpha value is -1.17. The van der Waals surface area contributed by atoms with Gasteiger partial charge in [-0.25, -0.2) is 0 Å². The van der Waals surface area contributed by atoms with Crippen molar-refractivity contribution in [3.8, 4) is 0 Å². The third kappa shape index (κ3) is 8.47. The highest BCUT2D eigenvalue weighted by Crippen LogP contribution is 2.33.